The molecule has 2 atom stereocenters. The second-order valence-electron chi connectivity index (χ2n) is 9.68. The molecule has 1 heterocycles. The van der Waals surface area contributed by atoms with Gasteiger partial charge >= 0.3 is 0 Å². The molecule has 1 amide bonds. The Morgan fingerprint density at radius 1 is 1.00 bits per heavy atom. The Labute approximate surface area is 207 Å². The summed E-state index contributed by atoms with van der Waals surface area (Å²) >= 11 is 6.07. The van der Waals surface area contributed by atoms with Crippen molar-refractivity contribution in [2.45, 2.75) is 26.3 Å². The van der Waals surface area contributed by atoms with Crippen LogP contribution in [0.15, 0.2) is 78.9 Å². The van der Waals surface area contributed by atoms with Crippen LogP contribution in [0.5, 0.6) is 0 Å². The SMILES string of the molecule is CC(C)CN(C[C@H]1CN(Cc2ccc(Cl)cc2)C[C@H]1c1ccccc1)C(=O)c1ccccc1F. The Hall–Kier alpha value is -2.69. The third kappa shape index (κ3) is 6.05. The maximum atomic E-state index is 14.5. The number of halogens is 2. The van der Waals surface area contributed by atoms with Crippen molar-refractivity contribution in [3.63, 3.8) is 0 Å². The first-order valence-electron chi connectivity index (χ1n) is 12.0. The van der Waals surface area contributed by atoms with E-state index in [0.29, 0.717) is 19.0 Å². The van der Waals surface area contributed by atoms with E-state index in [4.69, 9.17) is 11.6 Å². The molecule has 1 aliphatic rings. The van der Waals surface area contributed by atoms with Gasteiger partial charge in [0.25, 0.3) is 5.91 Å². The van der Waals surface area contributed by atoms with E-state index in [1.54, 1.807) is 18.2 Å². The molecular formula is C29H32ClFN2O. The van der Waals surface area contributed by atoms with Crippen LogP contribution in [0.2, 0.25) is 5.02 Å². The van der Waals surface area contributed by atoms with Crippen LogP contribution in [-0.2, 0) is 6.54 Å². The Bertz CT molecular complexity index is 1090. The van der Waals surface area contributed by atoms with Gasteiger partial charge in [-0.15, -0.1) is 0 Å². The average Bonchev–Trinajstić information content (AvgIpc) is 3.22. The molecule has 0 spiro atoms. The predicted molar refractivity (Wildman–Crippen MR) is 137 cm³/mol. The smallest absolute Gasteiger partial charge is 0.256 e. The summed E-state index contributed by atoms with van der Waals surface area (Å²) in [6, 6.07) is 24.8. The van der Waals surface area contributed by atoms with Crippen molar-refractivity contribution in [1.82, 2.24) is 9.80 Å². The van der Waals surface area contributed by atoms with Crippen LogP contribution in [-0.4, -0.2) is 41.9 Å². The molecule has 1 fully saturated rings. The summed E-state index contributed by atoms with van der Waals surface area (Å²) in [4.78, 5) is 17.7. The largest absolute Gasteiger partial charge is 0.338 e. The van der Waals surface area contributed by atoms with E-state index in [-0.39, 0.29) is 23.3 Å². The topological polar surface area (TPSA) is 23.6 Å². The highest BCUT2D eigenvalue weighted by Crippen LogP contribution is 2.34. The second-order valence-corrected chi connectivity index (χ2v) is 10.1. The highest BCUT2D eigenvalue weighted by atomic mass is 35.5. The molecule has 3 nitrogen and oxygen atoms in total. The van der Waals surface area contributed by atoms with Crippen LogP contribution in [0.4, 0.5) is 4.39 Å². The van der Waals surface area contributed by atoms with Crippen LogP contribution in [0.3, 0.4) is 0 Å². The van der Waals surface area contributed by atoms with Gasteiger partial charge in [0.15, 0.2) is 0 Å². The first-order chi connectivity index (χ1) is 16.4. The van der Waals surface area contributed by atoms with E-state index < -0.39 is 5.82 Å². The maximum absolute atomic E-state index is 14.5. The Balaban J connectivity index is 1.57. The molecule has 4 rings (SSSR count). The zero-order valence-corrected chi connectivity index (χ0v) is 20.6. The van der Waals surface area contributed by atoms with Crippen molar-refractivity contribution in [2.75, 3.05) is 26.2 Å². The molecule has 178 valence electrons. The van der Waals surface area contributed by atoms with Gasteiger partial charge in [-0.05, 0) is 47.2 Å². The molecular weight excluding hydrogens is 447 g/mol. The number of likely N-dealkylation sites (tertiary alicyclic amines) is 1. The number of rotatable bonds is 8. The summed E-state index contributed by atoms with van der Waals surface area (Å²) < 4.78 is 14.5. The van der Waals surface area contributed by atoms with E-state index in [1.165, 1.54) is 17.2 Å². The third-order valence-corrected chi connectivity index (χ3v) is 6.75. The average molecular weight is 479 g/mol. The Morgan fingerprint density at radius 3 is 2.35 bits per heavy atom. The zero-order valence-electron chi connectivity index (χ0n) is 19.8. The molecule has 0 radical (unpaired) electrons. The minimum absolute atomic E-state index is 0.149. The highest BCUT2D eigenvalue weighted by Gasteiger charge is 2.36. The van der Waals surface area contributed by atoms with E-state index in [1.807, 2.05) is 23.1 Å². The summed E-state index contributed by atoms with van der Waals surface area (Å²) in [5, 5.41) is 0.737. The van der Waals surface area contributed by atoms with Gasteiger partial charge in [-0.25, -0.2) is 4.39 Å². The van der Waals surface area contributed by atoms with Crippen molar-refractivity contribution < 1.29 is 9.18 Å². The molecule has 0 unspecified atom stereocenters. The minimum Gasteiger partial charge on any atom is -0.338 e. The Kier molecular flexibility index (Phi) is 8.02. The fourth-order valence-electron chi connectivity index (χ4n) is 4.97. The lowest BCUT2D eigenvalue weighted by Gasteiger charge is -2.30. The predicted octanol–water partition coefficient (Wildman–Crippen LogP) is 6.49. The fourth-order valence-corrected chi connectivity index (χ4v) is 5.10. The van der Waals surface area contributed by atoms with Gasteiger partial charge in [0, 0.05) is 43.7 Å². The Morgan fingerprint density at radius 2 is 1.68 bits per heavy atom. The van der Waals surface area contributed by atoms with Gasteiger partial charge in [-0.3, -0.25) is 9.69 Å². The first kappa shape index (κ1) is 24.4. The van der Waals surface area contributed by atoms with Crippen LogP contribution in [0, 0.1) is 17.7 Å². The van der Waals surface area contributed by atoms with Crippen LogP contribution < -0.4 is 0 Å². The van der Waals surface area contributed by atoms with Crippen LogP contribution >= 0.6 is 11.6 Å². The summed E-state index contributed by atoms with van der Waals surface area (Å²) in [5.41, 5.74) is 2.66. The molecule has 0 bridgehead atoms. The molecule has 0 N–H and O–H groups in total. The lowest BCUT2D eigenvalue weighted by Crippen LogP contribution is -2.40. The molecule has 1 saturated heterocycles. The molecule has 5 heteroatoms. The number of amides is 1. The number of benzene rings is 3. The van der Waals surface area contributed by atoms with Crippen LogP contribution in [0.1, 0.15) is 41.3 Å². The number of hydrogen-bond donors (Lipinski definition) is 0. The summed E-state index contributed by atoms with van der Waals surface area (Å²) in [6.07, 6.45) is 0. The monoisotopic (exact) mass is 478 g/mol. The van der Waals surface area contributed by atoms with Gasteiger partial charge < -0.3 is 4.90 Å². The van der Waals surface area contributed by atoms with E-state index in [2.05, 4.69) is 55.1 Å². The number of carbonyl (C=O) groups is 1. The quantitative estimate of drug-likeness (QED) is 0.369. The summed E-state index contributed by atoms with van der Waals surface area (Å²) in [5.74, 6) is 0.157. The summed E-state index contributed by atoms with van der Waals surface area (Å²) in [7, 11) is 0. The summed E-state index contributed by atoms with van der Waals surface area (Å²) in [6.45, 7) is 8.02. The fraction of sp³-hybridized carbons (Fsp3) is 0.345. The van der Waals surface area contributed by atoms with Gasteiger partial charge in [0.2, 0.25) is 0 Å². The van der Waals surface area contributed by atoms with E-state index in [9.17, 15) is 9.18 Å². The van der Waals surface area contributed by atoms with Crippen molar-refractivity contribution in [2.24, 2.45) is 11.8 Å². The molecule has 3 aromatic rings. The third-order valence-electron chi connectivity index (χ3n) is 6.50. The molecule has 0 saturated carbocycles. The van der Waals surface area contributed by atoms with Gasteiger partial charge in [0.1, 0.15) is 5.82 Å². The molecule has 0 aromatic heterocycles. The van der Waals surface area contributed by atoms with Gasteiger partial charge in [-0.2, -0.15) is 0 Å². The molecule has 34 heavy (non-hydrogen) atoms. The van der Waals surface area contributed by atoms with E-state index >= 15 is 0 Å². The molecule has 0 aliphatic carbocycles. The maximum Gasteiger partial charge on any atom is 0.256 e. The lowest BCUT2D eigenvalue weighted by molar-refractivity contribution is 0.0698. The lowest BCUT2D eigenvalue weighted by atomic mass is 9.88. The molecule has 3 aromatic carbocycles. The van der Waals surface area contributed by atoms with Crippen molar-refractivity contribution >= 4 is 17.5 Å². The van der Waals surface area contributed by atoms with E-state index in [0.717, 1.165) is 24.7 Å². The van der Waals surface area contributed by atoms with Crippen LogP contribution in [0.25, 0.3) is 0 Å². The van der Waals surface area contributed by atoms with Crippen molar-refractivity contribution in [3.05, 3.63) is 106 Å². The second kappa shape index (κ2) is 11.2. The zero-order chi connectivity index (χ0) is 24.1. The number of hydrogen-bond acceptors (Lipinski definition) is 2. The number of nitrogens with zero attached hydrogens (tertiary/aromatic N) is 2. The minimum atomic E-state index is -0.461. The highest BCUT2D eigenvalue weighted by molar-refractivity contribution is 6.30. The van der Waals surface area contributed by atoms with Gasteiger partial charge in [-0.1, -0.05) is 80.0 Å². The normalized spacial score (nSPS) is 18.4. The molecule has 1 aliphatic heterocycles. The standard InChI is InChI=1S/C29H32ClFN2O/c1-21(2)16-33(29(34)26-10-6-7-11-28(26)31)19-24-18-32(17-22-12-14-25(30)15-13-22)20-27(24)23-8-4-3-5-9-23/h3-15,21,24,27H,16-20H2,1-2H3/t24-,27+/m1/s1. The van der Waals surface area contributed by atoms with Gasteiger partial charge in [0.05, 0.1) is 5.56 Å². The van der Waals surface area contributed by atoms with Crippen molar-refractivity contribution in [3.8, 4) is 0 Å². The van der Waals surface area contributed by atoms with Crippen molar-refractivity contribution in [1.29, 1.82) is 0 Å². The number of carbonyl (C=O) groups excluding carboxylic acids is 1. The first-order valence-corrected chi connectivity index (χ1v) is 12.3.